The van der Waals surface area contributed by atoms with Crippen molar-refractivity contribution in [3.8, 4) is 16.6 Å². The van der Waals surface area contributed by atoms with E-state index < -0.39 is 0 Å². The van der Waals surface area contributed by atoms with Crippen molar-refractivity contribution in [3.63, 3.8) is 0 Å². The molecule has 0 saturated carbocycles. The van der Waals surface area contributed by atoms with Crippen molar-refractivity contribution in [2.45, 2.75) is 19.9 Å². The Morgan fingerprint density at radius 1 is 1.06 bits per heavy atom. The smallest absolute Gasteiger partial charge is 0.316 e. The highest BCUT2D eigenvalue weighted by atomic mass is 32.1. The van der Waals surface area contributed by atoms with E-state index in [4.69, 9.17) is 9.47 Å². The Morgan fingerprint density at radius 2 is 1.85 bits per heavy atom. The van der Waals surface area contributed by atoms with Crippen LogP contribution in [-0.2, 0) is 11.3 Å². The summed E-state index contributed by atoms with van der Waals surface area (Å²) >= 11 is 1.49. The van der Waals surface area contributed by atoms with Crippen LogP contribution in [0.2, 0.25) is 0 Å². The highest BCUT2D eigenvalue weighted by molar-refractivity contribution is 7.18. The molecule has 5 rings (SSSR count). The Labute approximate surface area is 203 Å². The van der Waals surface area contributed by atoms with E-state index in [0.29, 0.717) is 29.6 Å². The molecule has 3 aromatic rings. The van der Waals surface area contributed by atoms with Gasteiger partial charge in [-0.2, -0.15) is 4.98 Å². The molecule has 180 valence electrons. The van der Waals surface area contributed by atoms with E-state index in [1.807, 2.05) is 18.5 Å². The van der Waals surface area contributed by atoms with Crippen LogP contribution in [0.25, 0.3) is 10.6 Å². The average Bonchev–Trinajstić information content (AvgIpc) is 3.31. The number of rotatable bonds is 10. The Hall–Kier alpha value is -2.73. The minimum absolute atomic E-state index is 0.385. The van der Waals surface area contributed by atoms with Gasteiger partial charge in [-0.05, 0) is 19.0 Å². The summed E-state index contributed by atoms with van der Waals surface area (Å²) < 4.78 is 10.9. The molecule has 1 N–H and O–H groups in total. The number of hydrogen-bond donors (Lipinski definition) is 1. The van der Waals surface area contributed by atoms with Crippen molar-refractivity contribution in [1.82, 2.24) is 34.7 Å². The zero-order valence-electron chi connectivity index (χ0n) is 19.4. The summed E-state index contributed by atoms with van der Waals surface area (Å²) in [6.07, 6.45) is 8.23. The molecule has 0 atom stereocenters. The van der Waals surface area contributed by atoms with Crippen molar-refractivity contribution < 1.29 is 9.47 Å². The van der Waals surface area contributed by atoms with Gasteiger partial charge in [-0.3, -0.25) is 4.90 Å². The molecular weight excluding hydrogens is 452 g/mol. The lowest BCUT2D eigenvalue weighted by atomic mass is 10.1. The molecule has 11 heteroatoms. The highest BCUT2D eigenvalue weighted by Gasteiger charge is 2.18. The number of aromatic nitrogens is 5. The Balaban J connectivity index is 1.13. The number of thiazole rings is 1. The van der Waals surface area contributed by atoms with Crippen LogP contribution in [0.4, 0.5) is 11.1 Å². The van der Waals surface area contributed by atoms with Crippen LogP contribution in [0, 0.1) is 5.92 Å². The third kappa shape index (κ3) is 6.03. The third-order valence-electron chi connectivity index (χ3n) is 6.10. The van der Waals surface area contributed by atoms with Crippen molar-refractivity contribution >= 4 is 22.4 Å². The molecule has 2 fully saturated rings. The summed E-state index contributed by atoms with van der Waals surface area (Å²) in [6.45, 7) is 10.9. The van der Waals surface area contributed by atoms with Gasteiger partial charge in [-0.1, -0.05) is 18.3 Å². The first-order valence-corrected chi connectivity index (χ1v) is 12.6. The van der Waals surface area contributed by atoms with Crippen LogP contribution < -0.4 is 10.1 Å². The van der Waals surface area contributed by atoms with Crippen LogP contribution in [0.1, 0.15) is 18.9 Å². The molecule has 0 spiro atoms. The van der Waals surface area contributed by atoms with Gasteiger partial charge in [-0.15, -0.1) is 0 Å². The van der Waals surface area contributed by atoms with Crippen molar-refractivity contribution in [2.75, 3.05) is 57.9 Å². The topological polar surface area (TPSA) is 101 Å². The van der Waals surface area contributed by atoms with Gasteiger partial charge < -0.3 is 19.7 Å². The monoisotopic (exact) mass is 482 g/mol. The maximum Gasteiger partial charge on any atom is 0.316 e. The molecule has 34 heavy (non-hydrogen) atoms. The van der Waals surface area contributed by atoms with E-state index in [1.165, 1.54) is 11.3 Å². The second-order valence-electron chi connectivity index (χ2n) is 8.55. The normalized spacial score (nSPS) is 17.4. The fourth-order valence-corrected chi connectivity index (χ4v) is 4.66. The fraction of sp³-hybridized carbons (Fsp3) is 0.522. The van der Waals surface area contributed by atoms with Crippen LogP contribution in [0.3, 0.4) is 0 Å². The van der Waals surface area contributed by atoms with E-state index in [0.717, 1.165) is 75.0 Å². The molecule has 3 aromatic heterocycles. The Bertz CT molecular complexity index is 1050. The number of likely N-dealkylation sites (N-methyl/N-ethyl adjacent to an activating group) is 1. The third-order valence-corrected chi connectivity index (χ3v) is 7.03. The quantitative estimate of drug-likeness (QED) is 0.464. The molecule has 0 bridgehead atoms. The molecule has 5 heterocycles. The van der Waals surface area contributed by atoms with Crippen LogP contribution in [0.15, 0.2) is 30.9 Å². The van der Waals surface area contributed by atoms with Gasteiger partial charge in [0.25, 0.3) is 0 Å². The average molecular weight is 483 g/mol. The highest BCUT2D eigenvalue weighted by Crippen LogP contribution is 2.29. The lowest BCUT2D eigenvalue weighted by Gasteiger charge is -2.33. The Kier molecular flexibility index (Phi) is 7.54. The summed E-state index contributed by atoms with van der Waals surface area (Å²) in [5.74, 6) is 1.12. The molecule has 0 amide bonds. The standard InChI is InChI=1S/C23H30N8O2S/c1-2-30-6-8-31(9-7-30)14-18-11-25-21(26-12-18)29-23-27-13-20(34-23)19-3-5-24-22(28-19)33-10-4-17-15-32-16-17/h3,5,11-13,17H,2,4,6-10,14-16H2,1H3,(H,25,26,27,29). The van der Waals surface area contributed by atoms with E-state index >= 15 is 0 Å². The molecule has 2 saturated heterocycles. The number of piperazine rings is 1. The van der Waals surface area contributed by atoms with Gasteiger partial charge in [-0.25, -0.2) is 19.9 Å². The molecule has 0 unspecified atom stereocenters. The lowest BCUT2D eigenvalue weighted by molar-refractivity contribution is -0.0404. The van der Waals surface area contributed by atoms with Gasteiger partial charge in [0.15, 0.2) is 5.13 Å². The van der Waals surface area contributed by atoms with E-state index in [9.17, 15) is 0 Å². The first kappa shape index (κ1) is 23.0. The number of ether oxygens (including phenoxy) is 2. The van der Waals surface area contributed by atoms with E-state index in [2.05, 4.69) is 47.0 Å². The second kappa shape index (κ2) is 11.1. The van der Waals surface area contributed by atoms with Crippen LogP contribution >= 0.6 is 11.3 Å². The molecule has 0 radical (unpaired) electrons. The van der Waals surface area contributed by atoms with Gasteiger partial charge in [0, 0.05) is 69.0 Å². The van der Waals surface area contributed by atoms with Crippen molar-refractivity contribution in [3.05, 3.63) is 36.4 Å². The second-order valence-corrected chi connectivity index (χ2v) is 9.58. The number of hydrogen-bond acceptors (Lipinski definition) is 11. The molecular formula is C23H30N8O2S. The maximum absolute atomic E-state index is 5.72. The molecule has 2 aliphatic heterocycles. The zero-order chi connectivity index (χ0) is 23.2. The first-order valence-electron chi connectivity index (χ1n) is 11.8. The van der Waals surface area contributed by atoms with Crippen LogP contribution in [-0.4, -0.2) is 87.3 Å². The maximum atomic E-state index is 5.72. The number of anilines is 2. The molecule has 0 aromatic carbocycles. The summed E-state index contributed by atoms with van der Waals surface area (Å²) in [7, 11) is 0. The first-order chi connectivity index (χ1) is 16.7. The summed E-state index contributed by atoms with van der Waals surface area (Å²) in [5.41, 5.74) is 1.90. The summed E-state index contributed by atoms with van der Waals surface area (Å²) in [4.78, 5) is 28.0. The fourth-order valence-electron chi connectivity index (χ4n) is 3.88. The lowest BCUT2D eigenvalue weighted by Crippen LogP contribution is -2.45. The Morgan fingerprint density at radius 3 is 2.59 bits per heavy atom. The number of nitrogens with zero attached hydrogens (tertiary/aromatic N) is 7. The molecule has 10 nitrogen and oxygen atoms in total. The van der Waals surface area contributed by atoms with Crippen molar-refractivity contribution in [1.29, 1.82) is 0 Å². The van der Waals surface area contributed by atoms with E-state index in [-0.39, 0.29) is 0 Å². The summed E-state index contributed by atoms with van der Waals surface area (Å²) in [6, 6.07) is 2.24. The summed E-state index contributed by atoms with van der Waals surface area (Å²) in [5, 5.41) is 3.90. The van der Waals surface area contributed by atoms with Crippen LogP contribution in [0.5, 0.6) is 6.01 Å². The van der Waals surface area contributed by atoms with Gasteiger partial charge >= 0.3 is 6.01 Å². The van der Waals surface area contributed by atoms with E-state index in [1.54, 1.807) is 12.4 Å². The van der Waals surface area contributed by atoms with Gasteiger partial charge in [0.05, 0.1) is 30.4 Å². The van der Waals surface area contributed by atoms with Crippen molar-refractivity contribution in [2.24, 2.45) is 5.92 Å². The minimum Gasteiger partial charge on any atom is -0.463 e. The van der Waals surface area contributed by atoms with Gasteiger partial charge in [0.1, 0.15) is 0 Å². The predicted octanol–water partition coefficient (Wildman–Crippen LogP) is 2.69. The predicted molar refractivity (Wildman–Crippen MR) is 130 cm³/mol. The number of nitrogens with one attached hydrogen (secondary N) is 1. The SMILES string of the molecule is CCN1CCN(Cc2cnc(Nc3ncc(-c4ccnc(OCCC5COC5)n4)s3)nc2)CC1. The zero-order valence-corrected chi connectivity index (χ0v) is 20.2. The molecule has 0 aliphatic carbocycles. The minimum atomic E-state index is 0.385. The molecule has 2 aliphatic rings. The largest absolute Gasteiger partial charge is 0.463 e. The van der Waals surface area contributed by atoms with Gasteiger partial charge in [0.2, 0.25) is 5.95 Å².